The van der Waals surface area contributed by atoms with Crippen LogP contribution in [0.25, 0.3) is 0 Å². The number of aliphatic hydroxyl groups is 2. The average molecular weight is 830 g/mol. The lowest BCUT2D eigenvalue weighted by atomic mass is 10.0. The smallest absolute Gasteiger partial charge is 0.220 e. The number of hydrogen-bond acceptors (Lipinski definition) is 3. The lowest BCUT2D eigenvalue weighted by Gasteiger charge is -2.20. The molecule has 2 atom stereocenters. The minimum atomic E-state index is -0.836. The molecule has 1 amide bonds. The van der Waals surface area contributed by atoms with Gasteiger partial charge in [0.2, 0.25) is 5.91 Å². The topological polar surface area (TPSA) is 69.6 Å². The highest BCUT2D eigenvalue weighted by atomic mass is 16.3. The van der Waals surface area contributed by atoms with Crippen molar-refractivity contribution in [3.05, 3.63) is 24.3 Å². The summed E-state index contributed by atoms with van der Waals surface area (Å²) in [5.74, 6) is -0.0584. The fourth-order valence-electron chi connectivity index (χ4n) is 8.53. The predicted octanol–water partition coefficient (Wildman–Crippen LogP) is 17.5. The summed E-state index contributed by atoms with van der Waals surface area (Å²) in [4.78, 5) is 12.4. The second kappa shape index (κ2) is 51.2. The van der Waals surface area contributed by atoms with E-state index in [1.807, 2.05) is 6.08 Å². The van der Waals surface area contributed by atoms with Crippen LogP contribution in [0, 0.1) is 0 Å². The van der Waals surface area contributed by atoms with Crippen molar-refractivity contribution in [3.8, 4) is 0 Å². The van der Waals surface area contributed by atoms with Gasteiger partial charge in [-0.1, -0.05) is 276 Å². The summed E-state index contributed by atoms with van der Waals surface area (Å²) in [6.07, 6.45) is 67.6. The Morgan fingerprint density at radius 1 is 0.390 bits per heavy atom. The van der Waals surface area contributed by atoms with Gasteiger partial charge in [0, 0.05) is 6.42 Å². The fraction of sp³-hybridized carbons (Fsp3) is 0.909. The molecule has 59 heavy (non-hydrogen) atoms. The summed E-state index contributed by atoms with van der Waals surface area (Å²) in [5.41, 5.74) is 0. The Bertz CT molecular complexity index is 855. The van der Waals surface area contributed by atoms with Crippen LogP contribution in [0.2, 0.25) is 0 Å². The van der Waals surface area contributed by atoms with Crippen LogP contribution in [0.5, 0.6) is 0 Å². The van der Waals surface area contributed by atoms with E-state index in [2.05, 4.69) is 31.3 Å². The fourth-order valence-corrected chi connectivity index (χ4v) is 8.53. The third kappa shape index (κ3) is 47.8. The maximum atomic E-state index is 12.4. The largest absolute Gasteiger partial charge is 0.394 e. The van der Waals surface area contributed by atoms with Crippen LogP contribution in [0.1, 0.15) is 303 Å². The van der Waals surface area contributed by atoms with Gasteiger partial charge < -0.3 is 15.5 Å². The van der Waals surface area contributed by atoms with E-state index in [0.717, 1.165) is 25.7 Å². The normalized spacial score (nSPS) is 12.9. The van der Waals surface area contributed by atoms with E-state index in [1.165, 1.54) is 257 Å². The van der Waals surface area contributed by atoms with Gasteiger partial charge in [0.15, 0.2) is 0 Å². The number of carbonyl (C=O) groups is 1. The van der Waals surface area contributed by atoms with E-state index in [4.69, 9.17) is 0 Å². The second-order valence-electron chi connectivity index (χ2n) is 18.7. The zero-order valence-electron chi connectivity index (χ0n) is 40.3. The summed E-state index contributed by atoms with van der Waals surface area (Å²) < 4.78 is 0. The highest BCUT2D eigenvalue weighted by Crippen LogP contribution is 2.17. The first kappa shape index (κ1) is 57.9. The van der Waals surface area contributed by atoms with Gasteiger partial charge in [0.1, 0.15) is 0 Å². The van der Waals surface area contributed by atoms with Crippen LogP contribution in [0.4, 0.5) is 0 Å². The molecule has 0 saturated carbocycles. The Morgan fingerprint density at radius 2 is 0.644 bits per heavy atom. The molecule has 350 valence electrons. The van der Waals surface area contributed by atoms with E-state index in [0.29, 0.717) is 6.42 Å². The summed E-state index contributed by atoms with van der Waals surface area (Å²) in [6.45, 7) is 4.33. The summed E-state index contributed by atoms with van der Waals surface area (Å²) >= 11 is 0. The number of hydrogen-bond donors (Lipinski definition) is 3. The van der Waals surface area contributed by atoms with Crippen LogP contribution in [-0.2, 0) is 4.79 Å². The minimum absolute atomic E-state index is 0.0584. The maximum absolute atomic E-state index is 12.4. The molecule has 0 rings (SSSR count). The Morgan fingerprint density at radius 3 is 0.932 bits per heavy atom. The number of amides is 1. The highest BCUT2D eigenvalue weighted by molar-refractivity contribution is 5.76. The van der Waals surface area contributed by atoms with E-state index >= 15 is 0 Å². The van der Waals surface area contributed by atoms with Crippen molar-refractivity contribution in [1.29, 1.82) is 0 Å². The molecule has 2 unspecified atom stereocenters. The van der Waals surface area contributed by atoms with E-state index < -0.39 is 12.1 Å². The van der Waals surface area contributed by atoms with Crippen molar-refractivity contribution in [2.45, 2.75) is 315 Å². The zero-order chi connectivity index (χ0) is 42.8. The van der Waals surface area contributed by atoms with Crippen LogP contribution >= 0.6 is 0 Å². The maximum Gasteiger partial charge on any atom is 0.220 e. The highest BCUT2D eigenvalue weighted by Gasteiger charge is 2.18. The molecule has 0 aliphatic heterocycles. The van der Waals surface area contributed by atoms with Gasteiger partial charge in [-0.3, -0.25) is 4.79 Å². The molecule has 0 aromatic carbocycles. The number of carbonyl (C=O) groups excluding carboxylic acids is 1. The number of aliphatic hydroxyl groups excluding tert-OH is 2. The molecular weight excluding hydrogens is 723 g/mol. The lowest BCUT2D eigenvalue weighted by molar-refractivity contribution is -0.123. The number of rotatable bonds is 50. The van der Waals surface area contributed by atoms with Crippen LogP contribution in [0.3, 0.4) is 0 Å². The number of allylic oxidation sites excluding steroid dienone is 3. The van der Waals surface area contributed by atoms with Gasteiger partial charge in [-0.2, -0.15) is 0 Å². The van der Waals surface area contributed by atoms with Crippen molar-refractivity contribution in [3.63, 3.8) is 0 Å². The molecule has 0 aliphatic carbocycles. The van der Waals surface area contributed by atoms with Crippen LogP contribution in [-0.4, -0.2) is 34.9 Å². The summed E-state index contributed by atoms with van der Waals surface area (Å²) in [6, 6.07) is -0.619. The van der Waals surface area contributed by atoms with Crippen LogP contribution in [0.15, 0.2) is 24.3 Å². The molecule has 3 N–H and O–H groups in total. The molecule has 0 aliphatic rings. The zero-order valence-corrected chi connectivity index (χ0v) is 40.3. The van der Waals surface area contributed by atoms with Crippen molar-refractivity contribution >= 4 is 5.91 Å². The molecule has 0 radical (unpaired) electrons. The predicted molar refractivity (Wildman–Crippen MR) is 262 cm³/mol. The van der Waals surface area contributed by atoms with Crippen molar-refractivity contribution in [2.75, 3.05) is 6.61 Å². The Labute approximate surface area is 370 Å². The van der Waals surface area contributed by atoms with Crippen molar-refractivity contribution in [1.82, 2.24) is 5.32 Å². The quantitative estimate of drug-likeness (QED) is 0.0422. The van der Waals surface area contributed by atoms with Crippen molar-refractivity contribution < 1.29 is 15.0 Å². The van der Waals surface area contributed by atoms with Gasteiger partial charge in [0.25, 0.3) is 0 Å². The molecule has 0 heterocycles. The molecule has 0 fully saturated rings. The lowest BCUT2D eigenvalue weighted by Crippen LogP contribution is -2.45. The minimum Gasteiger partial charge on any atom is -0.394 e. The third-order valence-electron chi connectivity index (χ3n) is 12.7. The average Bonchev–Trinajstić information content (AvgIpc) is 3.24. The molecule has 0 bridgehead atoms. The van der Waals surface area contributed by atoms with Crippen LogP contribution < -0.4 is 5.32 Å². The standard InChI is InChI=1S/C55H107NO3/c1-3-5-7-9-11-13-15-17-19-21-22-23-24-25-26-27-28-29-30-31-32-33-34-35-37-39-41-43-45-47-49-51-55(59)56-53(52-57)54(58)50-48-46-44-42-40-38-36-20-18-16-14-12-10-8-6-4-2/h21-22,48,50,53-54,57-58H,3-20,23-47,49,51-52H2,1-2H3,(H,56,59)/b22-21-,50-48+. The molecule has 4 nitrogen and oxygen atoms in total. The first-order valence-electron chi connectivity index (χ1n) is 27.1. The van der Waals surface area contributed by atoms with Gasteiger partial charge >= 0.3 is 0 Å². The van der Waals surface area contributed by atoms with Gasteiger partial charge in [-0.05, 0) is 44.9 Å². The SMILES string of the molecule is CCCCCCCCCC/C=C\CCCCCCCCCCCCCCCCCCCCCC(=O)NC(CO)C(O)/C=C/CCCCCCCCCCCCCCCC. The first-order valence-corrected chi connectivity index (χ1v) is 27.1. The molecule has 0 aromatic heterocycles. The molecule has 0 spiro atoms. The van der Waals surface area contributed by atoms with Crippen molar-refractivity contribution in [2.24, 2.45) is 0 Å². The molecule has 0 saturated heterocycles. The second-order valence-corrected chi connectivity index (χ2v) is 18.7. The number of nitrogens with one attached hydrogen (secondary N) is 1. The van der Waals surface area contributed by atoms with E-state index in [9.17, 15) is 15.0 Å². The summed E-state index contributed by atoms with van der Waals surface area (Å²) in [5, 5.41) is 23.1. The molecule has 4 heteroatoms. The Hall–Kier alpha value is -1.13. The monoisotopic (exact) mass is 830 g/mol. The van der Waals surface area contributed by atoms with Gasteiger partial charge in [-0.25, -0.2) is 0 Å². The molecule has 0 aromatic rings. The third-order valence-corrected chi connectivity index (χ3v) is 12.7. The molecular formula is C55H107NO3. The van der Waals surface area contributed by atoms with E-state index in [-0.39, 0.29) is 12.5 Å². The van der Waals surface area contributed by atoms with Gasteiger partial charge in [0.05, 0.1) is 18.8 Å². The first-order chi connectivity index (χ1) is 29.2. The Balaban J connectivity index is 3.43. The summed E-state index contributed by atoms with van der Waals surface area (Å²) in [7, 11) is 0. The van der Waals surface area contributed by atoms with E-state index in [1.54, 1.807) is 6.08 Å². The number of unbranched alkanes of at least 4 members (excludes halogenated alkanes) is 41. The Kier molecular flexibility index (Phi) is 50.2. The van der Waals surface area contributed by atoms with Gasteiger partial charge in [-0.15, -0.1) is 0 Å².